The maximum atomic E-state index is 12.9. The minimum absolute atomic E-state index is 0.0315. The highest BCUT2D eigenvalue weighted by atomic mass is 33.1. The number of fused-ring (bicyclic) bond motifs is 1. The number of terminal acetylenes is 1. The molecule has 3 heterocycles. The Morgan fingerprint density at radius 1 is 1.46 bits per heavy atom. The largest absolute Gasteiger partial charge is 0.475 e. The van der Waals surface area contributed by atoms with Crippen molar-refractivity contribution in [2.75, 3.05) is 24.7 Å². The van der Waals surface area contributed by atoms with Crippen molar-refractivity contribution >= 4 is 37.3 Å². The van der Waals surface area contributed by atoms with E-state index in [1.165, 1.54) is 6.92 Å². The zero-order chi connectivity index (χ0) is 17.4. The van der Waals surface area contributed by atoms with Crippen LogP contribution in [0.1, 0.15) is 6.92 Å². The van der Waals surface area contributed by atoms with E-state index in [4.69, 9.17) is 37.3 Å². The standard InChI is InChI=1S/C13H18BO7PS2/c1-3-4-17-9-6-23-24-7-10(9)20-22(16)18-5-8-11(21-22)13(2,15)12(14)19-8/h1,8-12,15H,4-7H2,2H3/t8-,9-,10-,11?,12-,13-,22?/m1/s1. The molecule has 0 aromatic carbocycles. The Balaban J connectivity index is 1.68. The number of phosphoric acid groups is 1. The van der Waals surface area contributed by atoms with Gasteiger partial charge in [-0.3, -0.25) is 13.6 Å². The van der Waals surface area contributed by atoms with Gasteiger partial charge in [-0.2, -0.15) is 0 Å². The van der Waals surface area contributed by atoms with Gasteiger partial charge in [0.1, 0.15) is 38.4 Å². The Morgan fingerprint density at radius 2 is 2.17 bits per heavy atom. The van der Waals surface area contributed by atoms with Gasteiger partial charge >= 0.3 is 7.82 Å². The fraction of sp³-hybridized carbons (Fsp3) is 0.846. The van der Waals surface area contributed by atoms with Gasteiger partial charge in [-0.1, -0.05) is 27.5 Å². The lowest BCUT2D eigenvalue weighted by Gasteiger charge is -2.38. The molecule has 7 nitrogen and oxygen atoms in total. The van der Waals surface area contributed by atoms with Crippen LogP contribution in [0.25, 0.3) is 0 Å². The maximum Gasteiger partial charge on any atom is 0.475 e. The van der Waals surface area contributed by atoms with Crippen LogP contribution >= 0.6 is 29.4 Å². The highest BCUT2D eigenvalue weighted by Gasteiger charge is 2.58. The Hall–Kier alpha value is 0.315. The zero-order valence-corrected chi connectivity index (χ0v) is 15.6. The lowest BCUT2D eigenvalue weighted by atomic mass is 9.82. The van der Waals surface area contributed by atoms with Gasteiger partial charge in [-0.25, -0.2) is 4.57 Å². The average Bonchev–Trinajstić information content (AvgIpc) is 2.76. The molecule has 3 fully saturated rings. The van der Waals surface area contributed by atoms with Crippen molar-refractivity contribution in [1.29, 1.82) is 0 Å². The average molecular weight is 392 g/mol. The van der Waals surface area contributed by atoms with Crippen LogP contribution in [-0.2, 0) is 27.6 Å². The monoisotopic (exact) mass is 392 g/mol. The summed E-state index contributed by atoms with van der Waals surface area (Å²) in [4.78, 5) is 0. The normalized spacial score (nSPS) is 48.6. The van der Waals surface area contributed by atoms with Crippen LogP contribution < -0.4 is 0 Å². The molecule has 0 aromatic heterocycles. The van der Waals surface area contributed by atoms with Crippen LogP contribution in [0.4, 0.5) is 0 Å². The van der Waals surface area contributed by atoms with Gasteiger partial charge in [-0.15, -0.1) is 6.42 Å². The Kier molecular flexibility index (Phi) is 5.97. The second kappa shape index (κ2) is 7.51. The minimum Gasteiger partial charge on any atom is -0.385 e. The molecule has 0 aliphatic carbocycles. The van der Waals surface area contributed by atoms with E-state index in [1.54, 1.807) is 21.6 Å². The summed E-state index contributed by atoms with van der Waals surface area (Å²) in [5.74, 6) is 3.61. The molecule has 3 aliphatic heterocycles. The highest BCUT2D eigenvalue weighted by Crippen LogP contribution is 2.58. The summed E-state index contributed by atoms with van der Waals surface area (Å²) in [6, 6.07) is -0.948. The van der Waals surface area contributed by atoms with Crippen LogP contribution in [0, 0.1) is 12.3 Å². The predicted octanol–water partition coefficient (Wildman–Crippen LogP) is 0.953. The van der Waals surface area contributed by atoms with E-state index >= 15 is 0 Å². The van der Waals surface area contributed by atoms with E-state index in [0.29, 0.717) is 11.5 Å². The zero-order valence-electron chi connectivity index (χ0n) is 13.0. The molecule has 2 radical (unpaired) electrons. The summed E-state index contributed by atoms with van der Waals surface area (Å²) in [6.07, 6.45) is 2.93. The molecule has 0 bridgehead atoms. The molecule has 0 amide bonds. The highest BCUT2D eigenvalue weighted by molar-refractivity contribution is 8.76. The smallest absolute Gasteiger partial charge is 0.385 e. The number of phosphoric ester groups is 1. The van der Waals surface area contributed by atoms with E-state index in [1.807, 2.05) is 0 Å². The van der Waals surface area contributed by atoms with Gasteiger partial charge in [-0.05, 0) is 6.92 Å². The molecule has 0 saturated carbocycles. The van der Waals surface area contributed by atoms with Crippen molar-refractivity contribution in [1.82, 2.24) is 0 Å². The number of hydrogen-bond donors (Lipinski definition) is 1. The van der Waals surface area contributed by atoms with Gasteiger partial charge in [0.05, 0.1) is 12.7 Å². The molecule has 0 aromatic rings. The van der Waals surface area contributed by atoms with Crippen molar-refractivity contribution < 1.29 is 32.7 Å². The van der Waals surface area contributed by atoms with Crippen LogP contribution in [0.2, 0.25) is 0 Å². The molecule has 11 heteroatoms. The first kappa shape index (κ1) is 19.1. The van der Waals surface area contributed by atoms with Crippen molar-refractivity contribution in [2.24, 2.45) is 0 Å². The first-order valence-electron chi connectivity index (χ1n) is 7.40. The first-order valence-corrected chi connectivity index (χ1v) is 11.3. The van der Waals surface area contributed by atoms with E-state index in [0.717, 1.165) is 0 Å². The molecule has 3 aliphatic rings. The Morgan fingerprint density at radius 3 is 2.88 bits per heavy atom. The molecule has 0 spiro atoms. The van der Waals surface area contributed by atoms with Crippen molar-refractivity contribution in [3.8, 4) is 12.3 Å². The van der Waals surface area contributed by atoms with Crippen LogP contribution in [-0.4, -0.2) is 73.7 Å². The quantitative estimate of drug-likeness (QED) is 0.325. The third-order valence-corrected chi connectivity index (χ3v) is 7.95. The SMILES string of the molecule is [B][C@@H]1O[C@@H]2COP(=O)(O[C@@H]3CSSC[C@H]3OCC#C)OC2[C@@]1(C)O. The van der Waals surface area contributed by atoms with E-state index in [-0.39, 0.29) is 19.3 Å². The molecular weight excluding hydrogens is 374 g/mol. The molecule has 2 unspecified atom stereocenters. The molecule has 3 saturated heterocycles. The maximum absolute atomic E-state index is 12.9. The second-order valence-corrected chi connectivity index (χ2v) is 9.98. The number of hydrogen-bond acceptors (Lipinski definition) is 9. The Labute approximate surface area is 150 Å². The number of rotatable bonds is 4. The van der Waals surface area contributed by atoms with Gasteiger partial charge < -0.3 is 14.6 Å². The molecule has 3 rings (SSSR count). The van der Waals surface area contributed by atoms with Gasteiger partial charge in [0.25, 0.3) is 0 Å². The molecule has 132 valence electrons. The summed E-state index contributed by atoms with van der Waals surface area (Å²) in [7, 11) is 5.07. The van der Waals surface area contributed by atoms with Gasteiger partial charge in [0.2, 0.25) is 0 Å². The minimum atomic E-state index is -3.88. The van der Waals surface area contributed by atoms with Crippen molar-refractivity contribution in [3.63, 3.8) is 0 Å². The van der Waals surface area contributed by atoms with Crippen LogP contribution in [0.5, 0.6) is 0 Å². The molecule has 7 atom stereocenters. The third kappa shape index (κ3) is 3.85. The van der Waals surface area contributed by atoms with Gasteiger partial charge in [0, 0.05) is 17.5 Å². The lowest BCUT2D eigenvalue weighted by Crippen LogP contribution is -2.49. The predicted molar refractivity (Wildman–Crippen MR) is 91.8 cm³/mol. The summed E-state index contributed by atoms with van der Waals surface area (Å²) >= 11 is 0. The second-order valence-electron chi connectivity index (χ2n) is 5.86. The Bertz CT molecular complexity index is 557. The van der Waals surface area contributed by atoms with Crippen molar-refractivity contribution in [2.45, 2.75) is 42.9 Å². The summed E-state index contributed by atoms with van der Waals surface area (Å²) in [6.45, 7) is 1.59. The van der Waals surface area contributed by atoms with Crippen molar-refractivity contribution in [3.05, 3.63) is 0 Å². The fourth-order valence-corrected chi connectivity index (χ4v) is 6.85. The topological polar surface area (TPSA) is 83.5 Å². The lowest BCUT2D eigenvalue weighted by molar-refractivity contribution is -0.0906. The number of aliphatic hydroxyl groups is 1. The molecular formula is C13H18BO7PS2. The van der Waals surface area contributed by atoms with E-state index < -0.39 is 37.7 Å². The third-order valence-electron chi connectivity index (χ3n) is 4.06. The van der Waals surface area contributed by atoms with Crippen LogP contribution in [0.15, 0.2) is 0 Å². The summed E-state index contributed by atoms with van der Waals surface area (Å²) in [5.41, 5.74) is -1.48. The van der Waals surface area contributed by atoms with Gasteiger partial charge in [0.15, 0.2) is 0 Å². The van der Waals surface area contributed by atoms with E-state index in [9.17, 15) is 9.67 Å². The fourth-order valence-electron chi connectivity index (χ4n) is 2.65. The van der Waals surface area contributed by atoms with E-state index in [2.05, 4.69) is 5.92 Å². The molecule has 24 heavy (non-hydrogen) atoms. The number of ether oxygens (including phenoxy) is 2. The summed E-state index contributed by atoms with van der Waals surface area (Å²) < 4.78 is 40.2. The molecule has 1 N–H and O–H groups in total. The summed E-state index contributed by atoms with van der Waals surface area (Å²) in [5, 5.41) is 10.4. The first-order chi connectivity index (χ1) is 11.4. The van der Waals surface area contributed by atoms with Crippen LogP contribution in [0.3, 0.4) is 0 Å².